The molecule has 35 heavy (non-hydrogen) atoms. The van der Waals surface area contributed by atoms with E-state index in [-0.39, 0.29) is 17.4 Å². The van der Waals surface area contributed by atoms with Crippen LogP contribution < -0.4 is 5.73 Å². The van der Waals surface area contributed by atoms with Gasteiger partial charge in [-0.1, -0.05) is 75.1 Å². The second-order valence-electron chi connectivity index (χ2n) is 9.42. The predicted octanol–water partition coefficient (Wildman–Crippen LogP) is 6.35. The first kappa shape index (κ1) is 26.3. The minimum absolute atomic E-state index is 0.0904. The van der Waals surface area contributed by atoms with Crippen LogP contribution in [0.5, 0.6) is 0 Å². The molecule has 0 bridgehead atoms. The summed E-state index contributed by atoms with van der Waals surface area (Å²) in [5.74, 6) is 5.77. The number of aryl methyl sites for hydroxylation is 1. The van der Waals surface area contributed by atoms with E-state index in [9.17, 15) is 4.79 Å². The molecule has 0 amide bonds. The number of rotatable bonds is 9. The first-order valence-electron chi connectivity index (χ1n) is 12.4. The molecule has 0 saturated carbocycles. The second kappa shape index (κ2) is 11.0. The highest BCUT2D eigenvalue weighted by Crippen LogP contribution is 2.40. The van der Waals surface area contributed by atoms with Crippen LogP contribution in [0, 0.1) is 18.8 Å². The van der Waals surface area contributed by atoms with Gasteiger partial charge in [0, 0.05) is 11.0 Å². The zero-order chi connectivity index (χ0) is 25.6. The Labute approximate surface area is 209 Å². The van der Waals surface area contributed by atoms with Gasteiger partial charge in [-0.25, -0.2) is 0 Å². The fourth-order valence-electron chi connectivity index (χ4n) is 4.71. The number of carboxylic acids is 1. The Morgan fingerprint density at radius 3 is 2.26 bits per heavy atom. The van der Waals surface area contributed by atoms with Crippen molar-refractivity contribution in [2.75, 3.05) is 6.61 Å². The number of benzene rings is 2. The summed E-state index contributed by atoms with van der Waals surface area (Å²) >= 11 is 0. The van der Waals surface area contributed by atoms with Crippen molar-refractivity contribution < 1.29 is 14.6 Å². The SMILES string of the molecule is CCC1(C#Cc2ccc(C(CC)(CC)c3ccc(/C(C)=C/C(=C\N)CC(=O)O)cc3)cc2C)CO1. The highest BCUT2D eigenvalue weighted by Gasteiger charge is 2.41. The average molecular weight is 472 g/mol. The molecule has 0 aliphatic carbocycles. The Morgan fingerprint density at radius 1 is 1.14 bits per heavy atom. The van der Waals surface area contributed by atoms with Crippen LogP contribution in [-0.2, 0) is 14.9 Å². The minimum Gasteiger partial charge on any atom is -0.481 e. The summed E-state index contributed by atoms with van der Waals surface area (Å²) in [5.41, 5.74) is 12.7. The predicted molar refractivity (Wildman–Crippen MR) is 143 cm³/mol. The lowest BCUT2D eigenvalue weighted by molar-refractivity contribution is -0.136. The summed E-state index contributed by atoms with van der Waals surface area (Å²) in [6.45, 7) is 11.4. The molecule has 3 rings (SSSR count). The highest BCUT2D eigenvalue weighted by atomic mass is 16.6. The molecule has 0 spiro atoms. The third-order valence-corrected chi connectivity index (χ3v) is 7.34. The molecule has 3 N–H and O–H groups in total. The number of nitrogens with two attached hydrogens (primary N) is 1. The summed E-state index contributed by atoms with van der Waals surface area (Å²) in [5, 5.41) is 9.06. The molecule has 1 fully saturated rings. The van der Waals surface area contributed by atoms with E-state index in [4.69, 9.17) is 15.6 Å². The van der Waals surface area contributed by atoms with Crippen LogP contribution >= 0.6 is 0 Å². The van der Waals surface area contributed by atoms with Crippen molar-refractivity contribution in [1.29, 1.82) is 0 Å². The maximum atomic E-state index is 11.0. The molecule has 1 unspecified atom stereocenters. The molecular formula is C31H37NO3. The Hall–Kier alpha value is -3.29. The molecule has 0 radical (unpaired) electrons. The van der Waals surface area contributed by atoms with Gasteiger partial charge in [0.1, 0.15) is 0 Å². The van der Waals surface area contributed by atoms with E-state index in [1.807, 2.05) is 13.0 Å². The first-order valence-corrected chi connectivity index (χ1v) is 12.4. The molecule has 1 aliphatic heterocycles. The number of hydrogen-bond donors (Lipinski definition) is 2. The number of aliphatic carboxylic acids is 1. The molecule has 0 aromatic heterocycles. The quantitative estimate of drug-likeness (QED) is 0.254. The van der Waals surface area contributed by atoms with Crippen LogP contribution in [0.4, 0.5) is 0 Å². The van der Waals surface area contributed by atoms with E-state index in [1.165, 1.54) is 22.9 Å². The van der Waals surface area contributed by atoms with Gasteiger partial charge in [0.15, 0.2) is 5.60 Å². The van der Waals surface area contributed by atoms with Gasteiger partial charge in [-0.05, 0) is 78.8 Å². The van der Waals surface area contributed by atoms with E-state index in [2.05, 4.69) is 82.0 Å². The fraction of sp³-hybridized carbons (Fsp3) is 0.387. The zero-order valence-electron chi connectivity index (χ0n) is 21.6. The normalized spacial score (nSPS) is 18.1. The van der Waals surface area contributed by atoms with E-state index in [0.29, 0.717) is 5.57 Å². The molecule has 1 atom stereocenters. The third kappa shape index (κ3) is 5.86. The third-order valence-electron chi connectivity index (χ3n) is 7.34. The van der Waals surface area contributed by atoms with Crippen molar-refractivity contribution in [2.45, 2.75) is 71.3 Å². The van der Waals surface area contributed by atoms with Crippen LogP contribution in [0.25, 0.3) is 5.57 Å². The molecule has 1 heterocycles. The monoisotopic (exact) mass is 471 g/mol. The smallest absolute Gasteiger partial charge is 0.307 e. The Bertz CT molecular complexity index is 1180. The van der Waals surface area contributed by atoms with Crippen LogP contribution in [0.1, 0.15) is 81.2 Å². The lowest BCUT2D eigenvalue weighted by Gasteiger charge is -2.34. The number of ether oxygens (including phenoxy) is 1. The van der Waals surface area contributed by atoms with Gasteiger partial charge in [-0.15, -0.1) is 0 Å². The number of allylic oxidation sites excluding steroid dienone is 2. The van der Waals surface area contributed by atoms with Crippen molar-refractivity contribution >= 4 is 11.5 Å². The molecule has 4 nitrogen and oxygen atoms in total. The molecular weight excluding hydrogens is 434 g/mol. The van der Waals surface area contributed by atoms with Gasteiger partial charge in [-0.2, -0.15) is 0 Å². The van der Waals surface area contributed by atoms with Gasteiger partial charge in [0.05, 0.1) is 13.0 Å². The number of hydrogen-bond acceptors (Lipinski definition) is 3. The fourth-order valence-corrected chi connectivity index (χ4v) is 4.71. The lowest BCUT2D eigenvalue weighted by atomic mass is 9.70. The Balaban J connectivity index is 1.91. The summed E-state index contributed by atoms with van der Waals surface area (Å²) in [7, 11) is 0. The molecule has 1 aliphatic rings. The van der Waals surface area contributed by atoms with Crippen LogP contribution in [0.15, 0.2) is 60.3 Å². The lowest BCUT2D eigenvalue weighted by Crippen LogP contribution is -2.26. The summed E-state index contributed by atoms with van der Waals surface area (Å²) in [4.78, 5) is 11.0. The zero-order valence-corrected chi connectivity index (χ0v) is 21.6. The second-order valence-corrected chi connectivity index (χ2v) is 9.42. The number of carboxylic acid groups (broad SMARTS) is 1. The van der Waals surface area contributed by atoms with Crippen LogP contribution in [0.3, 0.4) is 0 Å². The maximum absolute atomic E-state index is 11.0. The average Bonchev–Trinajstić information content (AvgIpc) is 3.64. The molecule has 2 aromatic carbocycles. The van der Waals surface area contributed by atoms with Gasteiger partial charge >= 0.3 is 5.97 Å². The summed E-state index contributed by atoms with van der Waals surface area (Å²) < 4.78 is 5.54. The summed E-state index contributed by atoms with van der Waals surface area (Å²) in [6.07, 6.45) is 5.99. The summed E-state index contributed by atoms with van der Waals surface area (Å²) in [6, 6.07) is 15.3. The number of epoxide rings is 1. The van der Waals surface area contributed by atoms with Crippen molar-refractivity contribution in [2.24, 2.45) is 5.73 Å². The number of carbonyl (C=O) groups is 1. The van der Waals surface area contributed by atoms with E-state index >= 15 is 0 Å². The van der Waals surface area contributed by atoms with Crippen molar-refractivity contribution in [3.05, 3.63) is 88.1 Å². The Kier molecular flexibility index (Phi) is 8.25. The van der Waals surface area contributed by atoms with Gasteiger partial charge in [0.25, 0.3) is 0 Å². The largest absolute Gasteiger partial charge is 0.481 e. The van der Waals surface area contributed by atoms with Crippen LogP contribution in [0.2, 0.25) is 0 Å². The standard InChI is InChI=1S/C31H37NO3/c1-6-30(21-35-30)16-15-26-11-14-28(18-23(26)5)31(7-2,8-3)27-12-9-25(10-13-27)22(4)17-24(20-32)19-29(33)34/h9-14,17-18,20H,6-8,19,21,32H2,1-5H3,(H,33,34)/b22-17+,24-20+. The molecule has 184 valence electrons. The molecule has 4 heteroatoms. The van der Waals surface area contributed by atoms with Crippen LogP contribution in [-0.4, -0.2) is 23.3 Å². The van der Waals surface area contributed by atoms with Crippen molar-refractivity contribution in [3.63, 3.8) is 0 Å². The van der Waals surface area contributed by atoms with Crippen molar-refractivity contribution in [1.82, 2.24) is 0 Å². The molecule has 2 aromatic rings. The van der Waals surface area contributed by atoms with Gasteiger partial charge in [0.2, 0.25) is 0 Å². The highest BCUT2D eigenvalue weighted by molar-refractivity contribution is 5.74. The van der Waals surface area contributed by atoms with E-state index in [0.717, 1.165) is 42.6 Å². The minimum atomic E-state index is -0.894. The molecule has 1 saturated heterocycles. The van der Waals surface area contributed by atoms with Gasteiger partial charge < -0.3 is 15.6 Å². The first-order chi connectivity index (χ1) is 16.7. The van der Waals surface area contributed by atoms with E-state index < -0.39 is 5.97 Å². The Morgan fingerprint density at radius 2 is 1.77 bits per heavy atom. The maximum Gasteiger partial charge on any atom is 0.307 e. The van der Waals surface area contributed by atoms with Gasteiger partial charge in [-0.3, -0.25) is 4.79 Å². The van der Waals surface area contributed by atoms with Crippen molar-refractivity contribution in [3.8, 4) is 11.8 Å². The van der Waals surface area contributed by atoms with E-state index in [1.54, 1.807) is 0 Å². The topological polar surface area (TPSA) is 75.9 Å².